The van der Waals surface area contributed by atoms with Crippen LogP contribution < -0.4 is 0 Å². The fourth-order valence-corrected chi connectivity index (χ4v) is 8.32. The van der Waals surface area contributed by atoms with Gasteiger partial charge in [-0.15, -0.1) is 3.77 Å². The maximum Gasteiger partial charge on any atom is 0.320 e. The Morgan fingerprint density at radius 3 is 1.95 bits per heavy atom. The molecule has 0 amide bonds. The number of nitrogens with zero attached hydrogens (tertiary/aromatic N) is 1. The van der Waals surface area contributed by atoms with Crippen LogP contribution in [-0.4, -0.2) is 31.0 Å². The zero-order valence-electron chi connectivity index (χ0n) is 23.1. The predicted molar refractivity (Wildman–Crippen MR) is 151 cm³/mol. The summed E-state index contributed by atoms with van der Waals surface area (Å²) < 4.78 is 51.4. The largest absolute Gasteiger partial charge is 0.461 e. The SMILES string of the molecule is CCC/C=C\COC(=O)C[S@@](=O)(=NS(=O)(=O)c1c(C(C)C)cc(C(C)C)cc1C(C)C)c1ccccc1. The van der Waals surface area contributed by atoms with Gasteiger partial charge in [-0.2, -0.15) is 8.42 Å². The monoisotopic (exact) mass is 547 g/mol. The van der Waals surface area contributed by atoms with Gasteiger partial charge in [-0.05, 0) is 53.0 Å². The molecule has 204 valence electrons. The van der Waals surface area contributed by atoms with Gasteiger partial charge in [0.25, 0.3) is 10.0 Å². The van der Waals surface area contributed by atoms with Gasteiger partial charge in [-0.25, -0.2) is 4.21 Å². The summed E-state index contributed by atoms with van der Waals surface area (Å²) in [5.74, 6) is -1.43. The van der Waals surface area contributed by atoms with Gasteiger partial charge in [-0.3, -0.25) is 4.79 Å². The zero-order chi connectivity index (χ0) is 27.8. The minimum atomic E-state index is -4.41. The number of hydrogen-bond donors (Lipinski definition) is 0. The molecule has 0 aliphatic rings. The van der Waals surface area contributed by atoms with Crippen molar-refractivity contribution in [3.05, 3.63) is 71.3 Å². The summed E-state index contributed by atoms with van der Waals surface area (Å²) in [4.78, 5) is 12.9. The van der Waals surface area contributed by atoms with E-state index in [0.29, 0.717) is 11.1 Å². The van der Waals surface area contributed by atoms with Crippen LogP contribution in [0.3, 0.4) is 0 Å². The fourth-order valence-electron chi connectivity index (χ4n) is 3.86. The second-order valence-corrected chi connectivity index (χ2v) is 14.1. The third kappa shape index (κ3) is 8.27. The standard InChI is InChI=1S/C29H41NO5S2/c1-8-9-10-14-17-35-28(31)20-36(32,25-15-12-11-13-16-25)30-37(33,34)29-26(22(4)5)18-24(21(2)3)19-27(29)23(6)7/h10-16,18-19,21-23H,8-9,17,20H2,1-7H3/b14-10-/t36-/m0/s1. The molecule has 37 heavy (non-hydrogen) atoms. The molecule has 0 aliphatic carbocycles. The zero-order valence-corrected chi connectivity index (χ0v) is 24.7. The molecule has 0 N–H and O–H groups in total. The Bertz CT molecular complexity index is 1290. The molecule has 0 fully saturated rings. The van der Waals surface area contributed by atoms with Crippen molar-refractivity contribution >= 4 is 25.7 Å². The van der Waals surface area contributed by atoms with Gasteiger partial charge < -0.3 is 4.74 Å². The highest BCUT2D eigenvalue weighted by atomic mass is 32.3. The summed E-state index contributed by atoms with van der Waals surface area (Å²) >= 11 is 0. The van der Waals surface area contributed by atoms with Crippen LogP contribution in [0.5, 0.6) is 0 Å². The van der Waals surface area contributed by atoms with E-state index in [0.717, 1.165) is 18.4 Å². The van der Waals surface area contributed by atoms with Crippen LogP contribution in [0.2, 0.25) is 0 Å². The average Bonchev–Trinajstić information content (AvgIpc) is 2.83. The molecule has 0 saturated heterocycles. The highest BCUT2D eigenvalue weighted by molar-refractivity contribution is 8.03. The van der Waals surface area contributed by atoms with Crippen LogP contribution in [-0.2, 0) is 29.3 Å². The molecule has 0 aromatic heterocycles. The summed E-state index contributed by atoms with van der Waals surface area (Å²) in [6, 6.07) is 11.9. The quantitative estimate of drug-likeness (QED) is 0.207. The second kappa shape index (κ2) is 13.4. The van der Waals surface area contributed by atoms with Crippen molar-refractivity contribution in [3.63, 3.8) is 0 Å². The van der Waals surface area contributed by atoms with Crippen molar-refractivity contribution in [3.8, 4) is 0 Å². The molecule has 0 aliphatic heterocycles. The maximum atomic E-state index is 14.2. The first-order valence-electron chi connectivity index (χ1n) is 12.9. The summed E-state index contributed by atoms with van der Waals surface area (Å²) in [5.41, 5.74) is 2.31. The first-order chi connectivity index (χ1) is 17.3. The number of hydrogen-bond acceptors (Lipinski definition) is 5. The summed E-state index contributed by atoms with van der Waals surface area (Å²) in [5, 5.41) is 0. The van der Waals surface area contributed by atoms with E-state index in [1.165, 1.54) is 12.1 Å². The number of sulfonamides is 1. The van der Waals surface area contributed by atoms with Crippen LogP contribution in [0.25, 0.3) is 0 Å². The average molecular weight is 548 g/mol. The van der Waals surface area contributed by atoms with E-state index in [2.05, 4.69) is 17.6 Å². The smallest absolute Gasteiger partial charge is 0.320 e. The van der Waals surface area contributed by atoms with E-state index < -0.39 is 31.5 Å². The molecule has 0 spiro atoms. The van der Waals surface area contributed by atoms with Gasteiger partial charge in [0.05, 0.1) is 4.90 Å². The number of ether oxygens (including phenoxy) is 1. The lowest BCUT2D eigenvalue weighted by Crippen LogP contribution is -2.21. The maximum absolute atomic E-state index is 14.2. The Labute approximate surface area is 223 Å². The topological polar surface area (TPSA) is 89.9 Å². The lowest BCUT2D eigenvalue weighted by atomic mass is 9.89. The fraction of sp³-hybridized carbons (Fsp3) is 0.483. The molecule has 2 rings (SSSR count). The van der Waals surface area contributed by atoms with Gasteiger partial charge >= 0.3 is 5.97 Å². The van der Waals surface area contributed by atoms with Crippen LogP contribution in [0, 0.1) is 0 Å². The molecule has 0 bridgehead atoms. The van der Waals surface area contributed by atoms with Crippen molar-refractivity contribution in [2.24, 2.45) is 3.77 Å². The minimum Gasteiger partial charge on any atom is -0.461 e. The van der Waals surface area contributed by atoms with E-state index in [1.807, 2.05) is 52.8 Å². The summed E-state index contributed by atoms with van der Waals surface area (Å²) in [6.07, 6.45) is 5.45. The Morgan fingerprint density at radius 2 is 1.46 bits per heavy atom. The molecular formula is C29H41NO5S2. The third-order valence-electron chi connectivity index (χ3n) is 5.94. The number of allylic oxidation sites excluding steroid dienone is 1. The molecule has 1 atom stereocenters. The summed E-state index contributed by atoms with van der Waals surface area (Å²) in [6.45, 7) is 13.9. The number of benzene rings is 2. The van der Waals surface area contributed by atoms with E-state index >= 15 is 0 Å². The highest BCUT2D eigenvalue weighted by Crippen LogP contribution is 2.36. The molecule has 2 aromatic rings. The van der Waals surface area contributed by atoms with Gasteiger partial charge in [0.2, 0.25) is 0 Å². The van der Waals surface area contributed by atoms with Gasteiger partial charge in [-0.1, -0.05) is 97.4 Å². The highest BCUT2D eigenvalue weighted by Gasteiger charge is 2.30. The molecule has 0 saturated carbocycles. The first kappa shape index (κ1) is 30.8. The van der Waals surface area contributed by atoms with Crippen molar-refractivity contribution in [1.82, 2.24) is 0 Å². The van der Waals surface area contributed by atoms with Crippen molar-refractivity contribution < 1.29 is 22.2 Å². The van der Waals surface area contributed by atoms with Gasteiger partial charge in [0.1, 0.15) is 22.1 Å². The van der Waals surface area contributed by atoms with E-state index in [9.17, 15) is 17.4 Å². The Hall–Kier alpha value is -2.45. The Morgan fingerprint density at radius 1 is 0.892 bits per heavy atom. The first-order valence-corrected chi connectivity index (χ1v) is 16.0. The number of carbonyl (C=O) groups is 1. The van der Waals surface area contributed by atoms with Crippen molar-refractivity contribution in [1.29, 1.82) is 0 Å². The van der Waals surface area contributed by atoms with Gasteiger partial charge in [0, 0.05) is 4.90 Å². The summed E-state index contributed by atoms with van der Waals surface area (Å²) in [7, 11) is -8.10. The van der Waals surface area contributed by atoms with Crippen LogP contribution >= 0.6 is 0 Å². The second-order valence-electron chi connectivity index (χ2n) is 10.1. The van der Waals surface area contributed by atoms with E-state index in [-0.39, 0.29) is 34.2 Å². The third-order valence-corrected chi connectivity index (χ3v) is 10.3. The normalized spacial score (nSPS) is 13.9. The number of rotatable bonds is 12. The number of carbonyl (C=O) groups excluding carboxylic acids is 1. The molecule has 0 unspecified atom stereocenters. The van der Waals surface area contributed by atoms with E-state index in [4.69, 9.17) is 4.74 Å². The number of esters is 1. The Balaban J connectivity index is 2.71. The van der Waals surface area contributed by atoms with Crippen LogP contribution in [0.15, 0.2) is 68.2 Å². The van der Waals surface area contributed by atoms with Crippen molar-refractivity contribution in [2.75, 3.05) is 12.4 Å². The Kier molecular flexibility index (Phi) is 11.1. The van der Waals surface area contributed by atoms with Crippen LogP contribution in [0.4, 0.5) is 0 Å². The minimum absolute atomic E-state index is 0.0293. The number of unbranched alkanes of at least 4 members (excludes halogenated alkanes) is 1. The van der Waals surface area contributed by atoms with Gasteiger partial charge in [0.15, 0.2) is 0 Å². The lowest BCUT2D eigenvalue weighted by Gasteiger charge is -2.22. The molecule has 2 aromatic carbocycles. The molecule has 6 nitrogen and oxygen atoms in total. The predicted octanol–water partition coefficient (Wildman–Crippen LogP) is 7.17. The molecule has 0 heterocycles. The molecule has 0 radical (unpaired) electrons. The molecular weight excluding hydrogens is 506 g/mol. The van der Waals surface area contributed by atoms with Crippen LogP contribution in [0.1, 0.15) is 95.8 Å². The van der Waals surface area contributed by atoms with E-state index in [1.54, 1.807) is 24.3 Å². The molecule has 8 heteroatoms. The lowest BCUT2D eigenvalue weighted by molar-refractivity contribution is -0.139. The van der Waals surface area contributed by atoms with Crippen molar-refractivity contribution in [2.45, 2.75) is 88.9 Å².